The zero-order valence-corrected chi connectivity index (χ0v) is 24.8. The Morgan fingerprint density at radius 3 is 2.03 bits per heavy atom. The average Bonchev–Trinajstić information content (AvgIpc) is 2.85. The largest absolute Gasteiger partial charge is 0.497 e. The lowest BCUT2D eigenvalue weighted by Gasteiger charge is -2.33. The number of amides is 2. The smallest absolute Gasteiger partial charge is 0.244 e. The normalized spacial score (nSPS) is 12.7. The van der Waals surface area contributed by atoms with Crippen LogP contribution in [-0.4, -0.2) is 57.6 Å². The molecule has 1 N–H and O–H groups in total. The molecule has 38 heavy (non-hydrogen) atoms. The van der Waals surface area contributed by atoms with Gasteiger partial charge in [-0.3, -0.25) is 13.9 Å². The third kappa shape index (κ3) is 8.75. The maximum atomic E-state index is 13.8. The first-order chi connectivity index (χ1) is 17.7. The van der Waals surface area contributed by atoms with Crippen molar-refractivity contribution in [1.82, 2.24) is 10.2 Å². The topological polar surface area (TPSA) is 96.0 Å². The summed E-state index contributed by atoms with van der Waals surface area (Å²) in [6, 6.07) is 13.7. The fourth-order valence-corrected chi connectivity index (χ4v) is 4.86. The molecule has 9 heteroatoms. The molecule has 0 saturated carbocycles. The molecule has 0 bridgehead atoms. The van der Waals surface area contributed by atoms with Gasteiger partial charge in [-0.15, -0.1) is 0 Å². The summed E-state index contributed by atoms with van der Waals surface area (Å²) in [5.41, 5.74) is 2.15. The quantitative estimate of drug-likeness (QED) is 0.428. The number of ether oxygens (including phenoxy) is 1. The maximum absolute atomic E-state index is 13.8. The SMILES string of the molecule is CC[C@@H](C(=O)NCC(C)C)N(Cc1ccc(OC)cc1)C(=O)CN(c1ccc(C(C)(C)C)cc1)S(C)(=O)=O. The monoisotopic (exact) mass is 545 g/mol. The van der Waals surface area contributed by atoms with Gasteiger partial charge in [-0.1, -0.05) is 65.8 Å². The fourth-order valence-electron chi connectivity index (χ4n) is 4.01. The summed E-state index contributed by atoms with van der Waals surface area (Å²) in [5, 5.41) is 2.92. The molecule has 8 nitrogen and oxygen atoms in total. The van der Waals surface area contributed by atoms with E-state index < -0.39 is 28.5 Å². The van der Waals surface area contributed by atoms with Crippen LogP contribution in [0.5, 0.6) is 5.75 Å². The Hall–Kier alpha value is -3.07. The Balaban J connectivity index is 2.43. The Bertz CT molecular complexity index is 1170. The second-order valence-corrected chi connectivity index (χ2v) is 12.9. The molecular weight excluding hydrogens is 502 g/mol. The second kappa shape index (κ2) is 13.1. The summed E-state index contributed by atoms with van der Waals surface area (Å²) in [6.45, 7) is 12.3. The summed E-state index contributed by atoms with van der Waals surface area (Å²) in [6.07, 6.45) is 1.46. The zero-order valence-electron chi connectivity index (χ0n) is 23.9. The summed E-state index contributed by atoms with van der Waals surface area (Å²) >= 11 is 0. The molecule has 0 spiro atoms. The van der Waals surface area contributed by atoms with E-state index in [9.17, 15) is 18.0 Å². The van der Waals surface area contributed by atoms with Crippen molar-refractivity contribution in [3.05, 3.63) is 59.7 Å². The first-order valence-electron chi connectivity index (χ1n) is 13.0. The van der Waals surface area contributed by atoms with Crippen LogP contribution < -0.4 is 14.4 Å². The highest BCUT2D eigenvalue weighted by molar-refractivity contribution is 7.92. The number of carbonyl (C=O) groups is 2. The first-order valence-corrected chi connectivity index (χ1v) is 14.8. The van der Waals surface area contributed by atoms with Crippen molar-refractivity contribution in [3.8, 4) is 5.75 Å². The van der Waals surface area contributed by atoms with E-state index in [1.165, 1.54) is 4.90 Å². The van der Waals surface area contributed by atoms with Crippen LogP contribution in [0.3, 0.4) is 0 Å². The molecule has 1 atom stereocenters. The number of hydrogen-bond donors (Lipinski definition) is 1. The number of methoxy groups -OCH3 is 1. The molecule has 2 aromatic rings. The van der Waals surface area contributed by atoms with Gasteiger partial charge in [-0.2, -0.15) is 0 Å². The molecule has 0 unspecified atom stereocenters. The van der Waals surface area contributed by atoms with Gasteiger partial charge in [0.2, 0.25) is 21.8 Å². The molecule has 2 aromatic carbocycles. The van der Waals surface area contributed by atoms with Crippen molar-refractivity contribution in [2.45, 2.75) is 66.0 Å². The van der Waals surface area contributed by atoms with E-state index in [2.05, 4.69) is 26.1 Å². The number of benzene rings is 2. The van der Waals surface area contributed by atoms with Gasteiger partial charge in [-0.05, 0) is 53.1 Å². The van der Waals surface area contributed by atoms with Gasteiger partial charge < -0.3 is 15.0 Å². The average molecular weight is 546 g/mol. The molecule has 0 aliphatic heterocycles. The molecule has 0 saturated heterocycles. The van der Waals surface area contributed by atoms with Crippen LogP contribution in [0.4, 0.5) is 5.69 Å². The minimum absolute atomic E-state index is 0.100. The highest BCUT2D eigenvalue weighted by Gasteiger charge is 2.32. The van der Waals surface area contributed by atoms with Gasteiger partial charge >= 0.3 is 0 Å². The van der Waals surface area contributed by atoms with E-state index in [4.69, 9.17) is 4.74 Å². The minimum atomic E-state index is -3.78. The lowest BCUT2D eigenvalue weighted by molar-refractivity contribution is -0.140. The van der Waals surface area contributed by atoms with E-state index in [1.54, 1.807) is 31.4 Å². The molecule has 2 amide bonds. The number of anilines is 1. The fraction of sp³-hybridized carbons (Fsp3) is 0.517. The van der Waals surface area contributed by atoms with E-state index in [1.807, 2.05) is 45.0 Å². The summed E-state index contributed by atoms with van der Waals surface area (Å²) in [5.74, 6) is 0.204. The molecule has 0 heterocycles. The third-order valence-electron chi connectivity index (χ3n) is 6.28. The van der Waals surface area contributed by atoms with E-state index in [0.717, 1.165) is 21.7 Å². The summed E-state index contributed by atoms with van der Waals surface area (Å²) in [7, 11) is -2.21. The van der Waals surface area contributed by atoms with E-state index in [0.29, 0.717) is 24.4 Å². The standard InChI is InChI=1S/C29H43N3O5S/c1-9-26(28(34)30-18-21(2)3)31(19-22-10-16-25(37-7)17-11-22)27(33)20-32(38(8,35)36)24-14-12-23(13-15-24)29(4,5)6/h10-17,21,26H,9,18-20H2,1-8H3,(H,30,34)/t26-/m0/s1. The lowest BCUT2D eigenvalue weighted by atomic mass is 9.87. The van der Waals surface area contributed by atoms with Gasteiger partial charge in [-0.25, -0.2) is 8.42 Å². The molecule has 0 fully saturated rings. The van der Waals surface area contributed by atoms with Crippen molar-refractivity contribution < 1.29 is 22.7 Å². The summed E-state index contributed by atoms with van der Waals surface area (Å²) < 4.78 is 32.0. The van der Waals surface area contributed by atoms with Crippen LogP contribution in [0, 0.1) is 5.92 Å². The van der Waals surface area contributed by atoms with Crippen molar-refractivity contribution in [1.29, 1.82) is 0 Å². The molecule has 0 radical (unpaired) electrons. The molecular formula is C29H43N3O5S. The third-order valence-corrected chi connectivity index (χ3v) is 7.42. The van der Waals surface area contributed by atoms with Gasteiger partial charge in [0.25, 0.3) is 0 Å². The lowest BCUT2D eigenvalue weighted by Crippen LogP contribution is -2.52. The molecule has 0 aliphatic rings. The molecule has 0 aliphatic carbocycles. The Morgan fingerprint density at radius 1 is 1.00 bits per heavy atom. The van der Waals surface area contributed by atoms with Crippen molar-refractivity contribution >= 4 is 27.5 Å². The molecule has 0 aromatic heterocycles. The van der Waals surface area contributed by atoms with Crippen molar-refractivity contribution in [2.24, 2.45) is 5.92 Å². The van der Waals surface area contributed by atoms with Gasteiger partial charge in [0, 0.05) is 13.1 Å². The number of nitrogens with zero attached hydrogens (tertiary/aromatic N) is 2. The van der Waals surface area contributed by atoms with Crippen LogP contribution in [-0.2, 0) is 31.6 Å². The van der Waals surface area contributed by atoms with Crippen LogP contribution in [0.1, 0.15) is 59.1 Å². The van der Waals surface area contributed by atoms with Crippen LogP contribution >= 0.6 is 0 Å². The minimum Gasteiger partial charge on any atom is -0.497 e. The van der Waals surface area contributed by atoms with Crippen LogP contribution in [0.25, 0.3) is 0 Å². The zero-order chi connectivity index (χ0) is 28.7. The van der Waals surface area contributed by atoms with Crippen molar-refractivity contribution in [3.63, 3.8) is 0 Å². The predicted molar refractivity (Wildman–Crippen MR) is 153 cm³/mol. The highest BCUT2D eigenvalue weighted by atomic mass is 32.2. The number of sulfonamides is 1. The second-order valence-electron chi connectivity index (χ2n) is 11.0. The van der Waals surface area contributed by atoms with E-state index in [-0.39, 0.29) is 23.8 Å². The van der Waals surface area contributed by atoms with E-state index >= 15 is 0 Å². The Labute approximate surface area is 228 Å². The van der Waals surface area contributed by atoms with Crippen LogP contribution in [0.15, 0.2) is 48.5 Å². The van der Waals surface area contributed by atoms with Gasteiger partial charge in [0.05, 0.1) is 19.1 Å². The molecule has 2 rings (SSSR count). The number of carbonyl (C=O) groups excluding carboxylic acids is 2. The number of hydrogen-bond acceptors (Lipinski definition) is 5. The Morgan fingerprint density at radius 2 is 1.58 bits per heavy atom. The van der Waals surface area contributed by atoms with Crippen molar-refractivity contribution in [2.75, 3.05) is 30.8 Å². The summed E-state index contributed by atoms with van der Waals surface area (Å²) in [4.78, 5) is 28.4. The number of rotatable bonds is 12. The highest BCUT2D eigenvalue weighted by Crippen LogP contribution is 2.26. The predicted octanol–water partition coefficient (Wildman–Crippen LogP) is 4.34. The van der Waals surface area contributed by atoms with Gasteiger partial charge in [0.15, 0.2) is 0 Å². The Kier molecular flexibility index (Phi) is 10.8. The maximum Gasteiger partial charge on any atom is 0.244 e. The molecule has 210 valence electrons. The van der Waals surface area contributed by atoms with Crippen LogP contribution in [0.2, 0.25) is 0 Å². The first kappa shape index (κ1) is 31.1. The van der Waals surface area contributed by atoms with Gasteiger partial charge in [0.1, 0.15) is 18.3 Å². The number of nitrogens with one attached hydrogen (secondary N) is 1.